The van der Waals surface area contributed by atoms with Gasteiger partial charge in [-0.1, -0.05) is 32.3 Å². The van der Waals surface area contributed by atoms with Crippen LogP contribution in [-0.4, -0.2) is 35.1 Å². The Kier molecular flexibility index (Phi) is 6.61. The number of hydrogen-bond acceptors (Lipinski definition) is 4. The molecule has 2 aromatic rings. The summed E-state index contributed by atoms with van der Waals surface area (Å²) in [5.41, 5.74) is 1.10. The zero-order valence-electron chi connectivity index (χ0n) is 18.2. The SMILES string of the molecule is C#Cc1c(F)ccc2cc(OC(=O)CCCC[C@@H]3SC[C@@H]4NC(=O)N[C@@H]43)cc(C(C)C)c12. The molecule has 0 aliphatic carbocycles. The second kappa shape index (κ2) is 9.41. The number of terminal acetylenes is 1. The van der Waals surface area contributed by atoms with Crippen molar-refractivity contribution in [2.45, 2.75) is 62.8 Å². The number of fused-ring (bicyclic) bond motifs is 2. The molecule has 2 fully saturated rings. The highest BCUT2D eigenvalue weighted by atomic mass is 32.2. The number of thioether (sulfide) groups is 1. The van der Waals surface area contributed by atoms with E-state index in [9.17, 15) is 14.0 Å². The third kappa shape index (κ3) is 4.56. The molecule has 0 aromatic heterocycles. The van der Waals surface area contributed by atoms with Crippen molar-refractivity contribution in [2.24, 2.45) is 0 Å². The molecule has 4 rings (SSSR count). The largest absolute Gasteiger partial charge is 0.426 e. The molecule has 2 N–H and O–H groups in total. The second-order valence-corrected chi connectivity index (χ2v) is 9.95. The van der Waals surface area contributed by atoms with Crippen LogP contribution in [0.4, 0.5) is 9.18 Å². The number of nitrogens with one attached hydrogen (secondary N) is 2. The molecule has 0 bridgehead atoms. The van der Waals surface area contributed by atoms with Gasteiger partial charge in [-0.15, -0.1) is 6.42 Å². The average molecular weight is 455 g/mol. The Bertz CT molecular complexity index is 1090. The second-order valence-electron chi connectivity index (χ2n) is 8.67. The fourth-order valence-electron chi connectivity index (χ4n) is 4.54. The van der Waals surface area contributed by atoms with Crippen molar-refractivity contribution in [3.8, 4) is 18.1 Å². The molecule has 2 heterocycles. The van der Waals surface area contributed by atoms with E-state index in [0.717, 1.165) is 36.0 Å². The number of halogens is 1. The number of esters is 1. The van der Waals surface area contributed by atoms with Crippen LogP contribution in [0.25, 0.3) is 10.8 Å². The fourth-order valence-corrected chi connectivity index (χ4v) is 6.08. The smallest absolute Gasteiger partial charge is 0.315 e. The number of urea groups is 1. The van der Waals surface area contributed by atoms with E-state index in [1.807, 2.05) is 25.6 Å². The molecule has 168 valence electrons. The van der Waals surface area contributed by atoms with Crippen LogP contribution < -0.4 is 15.4 Å². The summed E-state index contributed by atoms with van der Waals surface area (Å²) < 4.78 is 19.8. The van der Waals surface area contributed by atoms with Crippen LogP contribution >= 0.6 is 11.8 Å². The number of rotatable bonds is 7. The molecule has 2 aromatic carbocycles. The molecule has 7 heteroatoms. The van der Waals surface area contributed by atoms with Gasteiger partial charge in [-0.25, -0.2) is 9.18 Å². The van der Waals surface area contributed by atoms with Gasteiger partial charge in [-0.3, -0.25) is 4.79 Å². The molecule has 2 saturated heterocycles. The predicted octanol–water partition coefficient (Wildman–Crippen LogP) is 4.71. The maximum absolute atomic E-state index is 14.2. The average Bonchev–Trinajstić information content (AvgIpc) is 3.30. The Hall–Kier alpha value is -2.72. The number of carbonyl (C=O) groups is 2. The van der Waals surface area contributed by atoms with Gasteiger partial charge in [0.1, 0.15) is 11.6 Å². The maximum atomic E-state index is 14.2. The lowest BCUT2D eigenvalue weighted by atomic mass is 9.92. The first-order valence-electron chi connectivity index (χ1n) is 11.0. The molecular formula is C25H27FN2O3S. The standard InChI is InChI=1S/C25H27FN2O3S/c1-4-17-19(26)10-9-15-11-16(12-18(14(2)3)23(15)17)31-22(29)8-6-5-7-21-24-20(13-32-21)27-25(30)28-24/h1,9-12,14,20-21,24H,5-8,13H2,2-3H3,(H2,27,28,30)/t20-,21-,24-/m0/s1. The molecule has 0 radical (unpaired) electrons. The third-order valence-electron chi connectivity index (χ3n) is 6.13. The number of ether oxygens (including phenoxy) is 1. The zero-order valence-corrected chi connectivity index (χ0v) is 19.1. The molecule has 0 unspecified atom stereocenters. The van der Waals surface area contributed by atoms with Gasteiger partial charge < -0.3 is 15.4 Å². The zero-order chi connectivity index (χ0) is 22.8. The quantitative estimate of drug-likeness (QED) is 0.209. The number of amides is 2. The van der Waals surface area contributed by atoms with E-state index in [1.54, 1.807) is 18.2 Å². The van der Waals surface area contributed by atoms with E-state index in [2.05, 4.69) is 16.6 Å². The van der Waals surface area contributed by atoms with E-state index in [1.165, 1.54) is 6.07 Å². The molecule has 3 atom stereocenters. The summed E-state index contributed by atoms with van der Waals surface area (Å²) in [6, 6.07) is 6.86. The number of hydrogen-bond donors (Lipinski definition) is 2. The Morgan fingerprint density at radius 2 is 2.12 bits per heavy atom. The minimum atomic E-state index is -0.425. The van der Waals surface area contributed by atoms with Crippen LogP contribution in [0.5, 0.6) is 5.75 Å². The van der Waals surface area contributed by atoms with Gasteiger partial charge in [0.25, 0.3) is 0 Å². The summed E-state index contributed by atoms with van der Waals surface area (Å²) in [6.07, 6.45) is 8.45. The summed E-state index contributed by atoms with van der Waals surface area (Å²) in [4.78, 5) is 23.9. The number of benzene rings is 2. The van der Waals surface area contributed by atoms with E-state index < -0.39 is 5.82 Å². The lowest BCUT2D eigenvalue weighted by molar-refractivity contribution is -0.134. The monoisotopic (exact) mass is 454 g/mol. The molecule has 2 amide bonds. The van der Waals surface area contributed by atoms with Gasteiger partial charge in [0, 0.05) is 22.8 Å². The molecule has 2 aliphatic heterocycles. The summed E-state index contributed by atoms with van der Waals surface area (Å²) >= 11 is 1.87. The molecule has 0 saturated carbocycles. The first-order valence-corrected chi connectivity index (χ1v) is 12.0. The highest BCUT2D eigenvalue weighted by molar-refractivity contribution is 8.00. The first kappa shape index (κ1) is 22.5. The number of unbranched alkanes of at least 4 members (excludes halogenated alkanes) is 1. The van der Waals surface area contributed by atoms with Crippen LogP contribution in [0.1, 0.15) is 56.6 Å². The van der Waals surface area contributed by atoms with Crippen LogP contribution in [-0.2, 0) is 4.79 Å². The van der Waals surface area contributed by atoms with Gasteiger partial charge in [-0.05, 0) is 47.9 Å². The minimum Gasteiger partial charge on any atom is -0.426 e. The molecular weight excluding hydrogens is 427 g/mol. The van der Waals surface area contributed by atoms with Crippen molar-refractivity contribution in [1.29, 1.82) is 0 Å². The van der Waals surface area contributed by atoms with Crippen LogP contribution in [0.3, 0.4) is 0 Å². The molecule has 2 aliphatic rings. The van der Waals surface area contributed by atoms with Gasteiger partial charge in [0.2, 0.25) is 0 Å². The van der Waals surface area contributed by atoms with Crippen molar-refractivity contribution in [3.05, 3.63) is 41.2 Å². The van der Waals surface area contributed by atoms with Gasteiger partial charge in [0.05, 0.1) is 17.6 Å². The van der Waals surface area contributed by atoms with Gasteiger partial charge in [0.15, 0.2) is 0 Å². The van der Waals surface area contributed by atoms with Crippen molar-refractivity contribution >= 4 is 34.5 Å². The molecule has 32 heavy (non-hydrogen) atoms. The lowest BCUT2D eigenvalue weighted by Crippen LogP contribution is -2.36. The summed E-state index contributed by atoms with van der Waals surface area (Å²) in [6.45, 7) is 4.00. The van der Waals surface area contributed by atoms with Crippen LogP contribution in [0.15, 0.2) is 24.3 Å². The van der Waals surface area contributed by atoms with Crippen molar-refractivity contribution in [3.63, 3.8) is 0 Å². The van der Waals surface area contributed by atoms with E-state index >= 15 is 0 Å². The normalized spacial score (nSPS) is 21.8. The topological polar surface area (TPSA) is 67.4 Å². The van der Waals surface area contributed by atoms with E-state index in [-0.39, 0.29) is 35.6 Å². The molecule has 0 spiro atoms. The Balaban J connectivity index is 1.36. The van der Waals surface area contributed by atoms with Crippen molar-refractivity contribution in [1.82, 2.24) is 10.6 Å². The summed E-state index contributed by atoms with van der Waals surface area (Å²) in [7, 11) is 0. The molecule has 5 nitrogen and oxygen atoms in total. The maximum Gasteiger partial charge on any atom is 0.315 e. The number of carbonyl (C=O) groups excluding carboxylic acids is 2. The Labute approximate surface area is 191 Å². The van der Waals surface area contributed by atoms with Crippen LogP contribution in [0.2, 0.25) is 0 Å². The van der Waals surface area contributed by atoms with Gasteiger partial charge >= 0.3 is 12.0 Å². The Morgan fingerprint density at radius 1 is 1.31 bits per heavy atom. The van der Waals surface area contributed by atoms with E-state index in [0.29, 0.717) is 22.8 Å². The van der Waals surface area contributed by atoms with Crippen LogP contribution in [0, 0.1) is 18.2 Å². The van der Waals surface area contributed by atoms with Crippen molar-refractivity contribution in [2.75, 3.05) is 5.75 Å². The highest BCUT2D eigenvalue weighted by Gasteiger charge is 2.42. The Morgan fingerprint density at radius 3 is 2.88 bits per heavy atom. The summed E-state index contributed by atoms with van der Waals surface area (Å²) in [5.74, 6) is 3.22. The third-order valence-corrected chi connectivity index (χ3v) is 7.64. The highest BCUT2D eigenvalue weighted by Crippen LogP contribution is 2.35. The van der Waals surface area contributed by atoms with Crippen molar-refractivity contribution < 1.29 is 18.7 Å². The first-order chi connectivity index (χ1) is 15.4. The predicted molar refractivity (Wildman–Crippen MR) is 126 cm³/mol. The lowest BCUT2D eigenvalue weighted by Gasteiger charge is -2.16. The van der Waals surface area contributed by atoms with E-state index in [4.69, 9.17) is 11.2 Å². The van der Waals surface area contributed by atoms with Gasteiger partial charge in [-0.2, -0.15) is 11.8 Å². The fraction of sp³-hybridized carbons (Fsp3) is 0.440. The summed E-state index contributed by atoms with van der Waals surface area (Å²) in [5, 5.41) is 7.77. The minimum absolute atomic E-state index is 0.0814.